The number of hydrogen-bond acceptors (Lipinski definition) is 9. The number of aliphatic hydroxyl groups excluding tert-OH is 1. The number of esters is 2. The van der Waals surface area contributed by atoms with Gasteiger partial charge in [-0.25, -0.2) is 9.59 Å². The Balaban J connectivity index is 1.15. The number of aryl methyl sites for hydroxylation is 2. The summed E-state index contributed by atoms with van der Waals surface area (Å²) in [5.41, 5.74) is 7.57. The molecule has 3 aliphatic heterocycles. The lowest BCUT2D eigenvalue weighted by Crippen LogP contribution is -2.54. The van der Waals surface area contributed by atoms with E-state index in [1.165, 1.54) is 16.7 Å². The van der Waals surface area contributed by atoms with E-state index in [1.807, 2.05) is 45.0 Å². The highest BCUT2D eigenvalue weighted by Gasteiger charge is 2.53. The number of methoxy groups -OCH3 is 1. The molecule has 0 radical (unpaired) electrons. The van der Waals surface area contributed by atoms with Crippen LogP contribution in [0.15, 0.2) is 154 Å². The summed E-state index contributed by atoms with van der Waals surface area (Å²) < 4.78 is 32.1. The van der Waals surface area contributed by atoms with Gasteiger partial charge in [0.2, 0.25) is 0 Å². The van der Waals surface area contributed by atoms with Crippen LogP contribution >= 0.6 is 0 Å². The number of carbonyl (C=O) groups excluding carboxylic acids is 2. The fourth-order valence-corrected chi connectivity index (χ4v) is 10.8. The maximum Gasteiger partial charge on any atom is 0.339 e. The number of carbonyl (C=O) groups is 2. The maximum atomic E-state index is 15.1. The third-order valence-corrected chi connectivity index (χ3v) is 14.5. The van der Waals surface area contributed by atoms with Crippen LogP contribution in [0.1, 0.15) is 121 Å². The predicted octanol–water partition coefficient (Wildman–Crippen LogP) is 11.6. The van der Waals surface area contributed by atoms with Crippen molar-refractivity contribution < 1.29 is 38.1 Å². The van der Waals surface area contributed by atoms with Crippen molar-refractivity contribution >= 4 is 22.9 Å². The molecule has 9 nitrogen and oxygen atoms in total. The smallest absolute Gasteiger partial charge is 0.339 e. The number of benzene rings is 5. The summed E-state index contributed by atoms with van der Waals surface area (Å²) in [5.74, 6) is -0.847. The maximum absolute atomic E-state index is 15.1. The zero-order valence-corrected chi connectivity index (χ0v) is 40.1. The van der Waals surface area contributed by atoms with Crippen molar-refractivity contribution in [3.8, 4) is 5.75 Å². The lowest BCUT2D eigenvalue weighted by atomic mass is 9.72. The molecular weight excluding hydrogens is 865 g/mol. The number of aliphatic hydroxyl groups is 1. The van der Waals surface area contributed by atoms with E-state index >= 15 is 4.79 Å². The number of rotatable bonds is 11. The fourth-order valence-electron chi connectivity index (χ4n) is 10.8. The second kappa shape index (κ2) is 21.0. The molecule has 4 aliphatic rings. The predicted molar refractivity (Wildman–Crippen MR) is 267 cm³/mol. The van der Waals surface area contributed by atoms with Gasteiger partial charge in [-0.3, -0.25) is 4.79 Å². The standard InChI is InChI=1S/C60H62O9/c1-38(2)47-26-22-40-20-23-43(24-21-40)48-27-25-45(44-19-11-17-42(34-44)33-41-15-9-6-10-16-41)35-46(48)36-53(62)66-56-54-52(29-28-49-51(37-61)50(30-32-65-4)59(64)67-55(49)54)69-60(3,57(56)68-58(47)63)31-12-18-39-13-7-5-8-14-39/h5-11,13-17,19-21,23-25,27-29,34,45-46,48,56-57,61H,12,18,22,26,30-33,35-37H2,1-4H3. The van der Waals surface area contributed by atoms with Gasteiger partial charge in [0.15, 0.2) is 12.2 Å². The van der Waals surface area contributed by atoms with Crippen LogP contribution in [0.25, 0.3) is 11.0 Å². The van der Waals surface area contributed by atoms with Crippen molar-refractivity contribution in [2.45, 2.75) is 115 Å². The summed E-state index contributed by atoms with van der Waals surface area (Å²) >= 11 is 0. The van der Waals surface area contributed by atoms with Crippen molar-refractivity contribution in [3.05, 3.63) is 205 Å². The lowest BCUT2D eigenvalue weighted by Gasteiger charge is -2.45. The molecule has 0 saturated carbocycles. The van der Waals surface area contributed by atoms with Crippen LogP contribution in [0.3, 0.4) is 0 Å². The van der Waals surface area contributed by atoms with E-state index in [9.17, 15) is 14.7 Å². The van der Waals surface area contributed by atoms with E-state index in [0.717, 1.165) is 35.1 Å². The summed E-state index contributed by atoms with van der Waals surface area (Å²) in [6, 6.07) is 41.5. The molecule has 10 rings (SSSR count). The Morgan fingerprint density at radius 1 is 0.768 bits per heavy atom. The molecule has 69 heavy (non-hydrogen) atoms. The lowest BCUT2D eigenvalue weighted by molar-refractivity contribution is -0.192. The fraction of sp³-hybridized carbons (Fsp3) is 0.350. The molecule has 1 aromatic heterocycles. The average Bonchev–Trinajstić information content (AvgIpc) is 3.34. The molecule has 0 saturated heterocycles. The summed E-state index contributed by atoms with van der Waals surface area (Å²) in [6.45, 7) is 5.52. The zero-order chi connectivity index (χ0) is 48.1. The van der Waals surface area contributed by atoms with Crippen LogP contribution in [0.4, 0.5) is 0 Å². The highest BCUT2D eigenvalue weighted by Crippen LogP contribution is 2.50. The van der Waals surface area contributed by atoms with Crippen molar-refractivity contribution in [3.63, 3.8) is 0 Å². The molecular formula is C60H62O9. The Bertz CT molecular complexity index is 2910. The van der Waals surface area contributed by atoms with Crippen molar-refractivity contribution in [2.24, 2.45) is 5.92 Å². The van der Waals surface area contributed by atoms with E-state index < -0.39 is 42.0 Å². The van der Waals surface area contributed by atoms with E-state index in [2.05, 4.69) is 97.1 Å². The van der Waals surface area contributed by atoms with Crippen LogP contribution in [-0.2, 0) is 56.1 Å². The van der Waals surface area contributed by atoms with Crippen molar-refractivity contribution in [1.29, 1.82) is 0 Å². The Morgan fingerprint density at radius 3 is 2.23 bits per heavy atom. The van der Waals surface area contributed by atoms with Crippen molar-refractivity contribution in [2.75, 3.05) is 13.7 Å². The molecule has 0 spiro atoms. The minimum Gasteiger partial charge on any atom is -0.483 e. The first kappa shape index (κ1) is 47.5. The van der Waals surface area contributed by atoms with Gasteiger partial charge in [-0.15, -0.1) is 0 Å². The van der Waals surface area contributed by atoms with Crippen LogP contribution in [0.2, 0.25) is 0 Å². The average molecular weight is 927 g/mol. The van der Waals surface area contributed by atoms with Gasteiger partial charge in [0.05, 0.1) is 18.8 Å². The van der Waals surface area contributed by atoms with Crippen LogP contribution in [0.5, 0.6) is 5.75 Å². The molecule has 1 aliphatic carbocycles. The van der Waals surface area contributed by atoms with Crippen LogP contribution < -0.4 is 10.4 Å². The Kier molecular flexibility index (Phi) is 14.4. The molecule has 5 aromatic carbocycles. The van der Waals surface area contributed by atoms with E-state index in [1.54, 1.807) is 19.2 Å². The Hall–Kier alpha value is -6.55. The monoisotopic (exact) mass is 926 g/mol. The minimum absolute atomic E-state index is 0.0509. The zero-order valence-electron chi connectivity index (χ0n) is 40.1. The molecule has 6 aromatic rings. The molecule has 6 unspecified atom stereocenters. The SMILES string of the molecule is COCCc1c(CO)c2ccc3c(c2oc1=O)C1OC(=O)CC2CC(c4cccc(Cc5ccccc5)c4)C=CC2c2ccc(cc2)CCC(=C(C)C)C(=O)OC1C(C)(CCCc1ccccc1)O3. The normalized spacial score (nSPS) is 22.5. The molecule has 0 fully saturated rings. The van der Waals surface area contributed by atoms with Gasteiger partial charge in [-0.2, -0.15) is 0 Å². The Labute approximate surface area is 404 Å². The molecule has 9 heteroatoms. The second-order valence-corrected chi connectivity index (χ2v) is 19.4. The Morgan fingerprint density at radius 2 is 1.51 bits per heavy atom. The van der Waals surface area contributed by atoms with Gasteiger partial charge >= 0.3 is 17.6 Å². The van der Waals surface area contributed by atoms with E-state index in [4.69, 9.17) is 23.4 Å². The number of fused-ring (bicyclic) bond motifs is 11. The highest BCUT2D eigenvalue weighted by atomic mass is 16.6. The van der Waals surface area contributed by atoms with Crippen molar-refractivity contribution in [1.82, 2.24) is 0 Å². The van der Waals surface area contributed by atoms with E-state index in [0.29, 0.717) is 59.9 Å². The highest BCUT2D eigenvalue weighted by molar-refractivity contribution is 5.90. The minimum atomic E-state index is -1.25. The van der Waals surface area contributed by atoms with E-state index in [-0.39, 0.29) is 48.3 Å². The largest absolute Gasteiger partial charge is 0.483 e. The van der Waals surface area contributed by atoms with Gasteiger partial charge in [0.1, 0.15) is 16.9 Å². The number of hydrogen-bond donors (Lipinski definition) is 1. The third kappa shape index (κ3) is 10.4. The molecule has 6 atom stereocenters. The summed E-state index contributed by atoms with van der Waals surface area (Å²) in [7, 11) is 1.55. The van der Waals surface area contributed by atoms with Gasteiger partial charge in [-0.05, 0) is 123 Å². The van der Waals surface area contributed by atoms with Gasteiger partial charge < -0.3 is 28.5 Å². The topological polar surface area (TPSA) is 122 Å². The molecule has 1 N–H and O–H groups in total. The first-order valence-electron chi connectivity index (χ1n) is 24.4. The first-order valence-corrected chi connectivity index (χ1v) is 24.4. The summed E-state index contributed by atoms with van der Waals surface area (Å²) in [6.07, 6.45) is 6.81. The molecule has 356 valence electrons. The second-order valence-electron chi connectivity index (χ2n) is 19.4. The van der Waals surface area contributed by atoms with Crippen LogP contribution in [0, 0.1) is 5.92 Å². The quantitative estimate of drug-likeness (QED) is 0.0586. The van der Waals surface area contributed by atoms with Gasteiger partial charge in [0, 0.05) is 48.3 Å². The van der Waals surface area contributed by atoms with Gasteiger partial charge in [0.25, 0.3) is 0 Å². The number of allylic oxidation sites excluding steroid dienone is 3. The third-order valence-electron chi connectivity index (χ3n) is 14.5. The van der Waals surface area contributed by atoms with Gasteiger partial charge in [-0.1, -0.05) is 127 Å². The molecule has 2 bridgehead atoms. The summed E-state index contributed by atoms with van der Waals surface area (Å²) in [5, 5.41) is 11.3. The molecule has 4 heterocycles. The first-order chi connectivity index (χ1) is 33.5. The number of ether oxygens (including phenoxy) is 4. The van der Waals surface area contributed by atoms with Crippen LogP contribution in [-0.4, -0.2) is 42.5 Å². The molecule has 0 amide bonds. The summed E-state index contributed by atoms with van der Waals surface area (Å²) in [4.78, 5) is 43.8.